The number of nitrogens with zero attached hydrogens (tertiary/aromatic N) is 1. The zero-order valence-corrected chi connectivity index (χ0v) is 14.3. The largest absolute Gasteiger partial charge is 0.298 e. The van der Waals surface area contributed by atoms with Gasteiger partial charge in [0.05, 0.1) is 12.3 Å². The third-order valence-corrected chi connectivity index (χ3v) is 6.26. The van der Waals surface area contributed by atoms with Crippen molar-refractivity contribution in [3.05, 3.63) is 33.3 Å². The molecule has 0 aromatic heterocycles. The van der Waals surface area contributed by atoms with E-state index in [1.807, 2.05) is 0 Å². The van der Waals surface area contributed by atoms with Gasteiger partial charge >= 0.3 is 0 Å². The predicted molar refractivity (Wildman–Crippen MR) is 82.2 cm³/mol. The Morgan fingerprint density at radius 2 is 2.05 bits per heavy atom. The number of halogens is 2. The van der Waals surface area contributed by atoms with Crippen molar-refractivity contribution in [1.29, 1.82) is 0 Å². The molecule has 1 aliphatic heterocycles. The lowest BCUT2D eigenvalue weighted by molar-refractivity contribution is -0.116. The Hall–Kier alpha value is -0.430. The van der Waals surface area contributed by atoms with Gasteiger partial charge in [0.1, 0.15) is 5.78 Å². The van der Waals surface area contributed by atoms with Crippen LogP contribution in [0, 0.1) is 0 Å². The van der Waals surface area contributed by atoms with Crippen molar-refractivity contribution < 1.29 is 13.2 Å². The molecule has 2 rings (SSSR count). The number of Topliss-reactive ketones (excluding diaryl/α,β-unsaturated/α-hetero) is 1. The highest BCUT2D eigenvalue weighted by molar-refractivity contribution is 9.10. The zero-order valence-electron chi connectivity index (χ0n) is 11.2. The van der Waals surface area contributed by atoms with Crippen LogP contribution in [-0.4, -0.2) is 30.6 Å². The average Bonchev–Trinajstić information content (AvgIpc) is 2.57. The van der Waals surface area contributed by atoms with Gasteiger partial charge in [0.15, 0.2) is 0 Å². The number of hydrogen-bond donors (Lipinski definition) is 0. The first-order valence-electron chi connectivity index (χ1n) is 6.08. The fourth-order valence-electron chi connectivity index (χ4n) is 2.39. The molecule has 1 aliphatic rings. The van der Waals surface area contributed by atoms with E-state index >= 15 is 0 Å². The monoisotopic (exact) mass is 379 g/mol. The van der Waals surface area contributed by atoms with Gasteiger partial charge in [-0.1, -0.05) is 33.6 Å². The van der Waals surface area contributed by atoms with Crippen molar-refractivity contribution in [2.24, 2.45) is 0 Å². The lowest BCUT2D eigenvalue weighted by Gasteiger charge is -2.29. The third-order valence-electron chi connectivity index (χ3n) is 3.31. The topological polar surface area (TPSA) is 54.5 Å². The minimum atomic E-state index is -3.55. The molecule has 0 radical (unpaired) electrons. The quantitative estimate of drug-likeness (QED) is 0.810. The molecule has 0 spiro atoms. The van der Waals surface area contributed by atoms with E-state index in [0.29, 0.717) is 15.1 Å². The van der Waals surface area contributed by atoms with Crippen molar-refractivity contribution in [1.82, 2.24) is 4.31 Å². The lowest BCUT2D eigenvalue weighted by Crippen LogP contribution is -2.43. The van der Waals surface area contributed by atoms with E-state index in [-0.39, 0.29) is 24.5 Å². The second-order valence-electron chi connectivity index (χ2n) is 5.53. The van der Waals surface area contributed by atoms with Crippen LogP contribution in [0.25, 0.3) is 0 Å². The van der Waals surface area contributed by atoms with Gasteiger partial charge in [-0.25, -0.2) is 8.42 Å². The van der Waals surface area contributed by atoms with Crippen LogP contribution in [0.15, 0.2) is 22.7 Å². The Labute approximate surface area is 132 Å². The zero-order chi connectivity index (χ0) is 15.1. The van der Waals surface area contributed by atoms with Gasteiger partial charge in [0.2, 0.25) is 10.0 Å². The van der Waals surface area contributed by atoms with E-state index in [9.17, 15) is 13.2 Å². The van der Waals surface area contributed by atoms with Crippen molar-refractivity contribution >= 4 is 43.3 Å². The molecule has 7 heteroatoms. The van der Waals surface area contributed by atoms with Gasteiger partial charge in [0, 0.05) is 21.5 Å². The smallest absolute Gasteiger partial charge is 0.219 e. The Morgan fingerprint density at radius 3 is 2.55 bits per heavy atom. The Bertz CT molecular complexity index is 658. The van der Waals surface area contributed by atoms with E-state index in [0.717, 1.165) is 0 Å². The summed E-state index contributed by atoms with van der Waals surface area (Å²) in [7, 11) is -3.55. The number of ketones is 1. The summed E-state index contributed by atoms with van der Waals surface area (Å²) in [5, 5.41) is 0.537. The van der Waals surface area contributed by atoms with Crippen LogP contribution < -0.4 is 0 Å². The maximum atomic E-state index is 12.5. The van der Waals surface area contributed by atoms with Crippen molar-refractivity contribution in [2.45, 2.75) is 31.6 Å². The molecule has 0 saturated carbocycles. The van der Waals surface area contributed by atoms with Crippen molar-refractivity contribution in [3.63, 3.8) is 0 Å². The van der Waals surface area contributed by atoms with Crippen LogP contribution in [0.3, 0.4) is 0 Å². The molecule has 0 unspecified atom stereocenters. The first-order chi connectivity index (χ1) is 9.12. The van der Waals surface area contributed by atoms with Crippen LogP contribution in [0.1, 0.15) is 25.8 Å². The molecular weight excluding hydrogens is 366 g/mol. The van der Waals surface area contributed by atoms with E-state index < -0.39 is 15.6 Å². The van der Waals surface area contributed by atoms with Crippen LogP contribution in [-0.2, 0) is 20.6 Å². The molecule has 1 saturated heterocycles. The molecule has 0 atom stereocenters. The highest BCUT2D eigenvalue weighted by Crippen LogP contribution is 2.32. The second-order valence-corrected chi connectivity index (χ2v) is 8.71. The molecule has 0 aliphatic carbocycles. The number of hydrogen-bond acceptors (Lipinski definition) is 3. The first-order valence-corrected chi connectivity index (χ1v) is 8.86. The molecule has 1 aromatic carbocycles. The summed E-state index contributed by atoms with van der Waals surface area (Å²) in [5.41, 5.74) is -0.0287. The standard InChI is InChI=1S/C13H15BrClNO3S/c1-13(2)6-11(17)7-16(13)20(18,19)8-9-3-4-10(15)5-12(9)14/h3-5H,6-8H2,1-2H3. The van der Waals surface area contributed by atoms with Crippen molar-refractivity contribution in [3.8, 4) is 0 Å². The molecular formula is C13H15BrClNO3S. The summed E-state index contributed by atoms with van der Waals surface area (Å²) < 4.78 is 27.0. The Balaban J connectivity index is 2.30. The van der Waals surface area contributed by atoms with Gasteiger partial charge in [-0.15, -0.1) is 0 Å². The summed E-state index contributed by atoms with van der Waals surface area (Å²) in [6, 6.07) is 4.99. The molecule has 0 amide bonds. The molecule has 1 aromatic rings. The number of benzene rings is 1. The summed E-state index contributed by atoms with van der Waals surface area (Å²) in [4.78, 5) is 11.5. The first kappa shape index (κ1) is 15.9. The summed E-state index contributed by atoms with van der Waals surface area (Å²) >= 11 is 9.16. The van der Waals surface area contributed by atoms with Crippen LogP contribution in [0.5, 0.6) is 0 Å². The Morgan fingerprint density at radius 1 is 1.40 bits per heavy atom. The maximum absolute atomic E-state index is 12.5. The van der Waals surface area contributed by atoms with E-state index in [4.69, 9.17) is 11.6 Å². The minimum absolute atomic E-state index is 0.0411. The van der Waals surface area contributed by atoms with E-state index in [2.05, 4.69) is 15.9 Å². The highest BCUT2D eigenvalue weighted by Gasteiger charge is 2.44. The van der Waals surface area contributed by atoms with E-state index in [1.165, 1.54) is 4.31 Å². The summed E-state index contributed by atoms with van der Waals surface area (Å²) in [5.74, 6) is -0.199. The fraction of sp³-hybridized carbons (Fsp3) is 0.462. The minimum Gasteiger partial charge on any atom is -0.298 e. The number of sulfonamides is 1. The van der Waals surface area contributed by atoms with Crippen LogP contribution in [0.2, 0.25) is 5.02 Å². The second kappa shape index (κ2) is 5.40. The summed E-state index contributed by atoms with van der Waals surface area (Å²) in [6.45, 7) is 3.50. The van der Waals surface area contributed by atoms with Crippen molar-refractivity contribution in [2.75, 3.05) is 6.54 Å². The van der Waals surface area contributed by atoms with Crippen LogP contribution >= 0.6 is 27.5 Å². The van der Waals surface area contributed by atoms with Gasteiger partial charge < -0.3 is 0 Å². The number of carbonyl (C=O) groups is 1. The van der Waals surface area contributed by atoms with Gasteiger partial charge in [0.25, 0.3) is 0 Å². The molecule has 1 fully saturated rings. The van der Waals surface area contributed by atoms with Gasteiger partial charge in [-0.05, 0) is 31.5 Å². The molecule has 110 valence electrons. The highest BCUT2D eigenvalue weighted by atomic mass is 79.9. The fourth-order valence-corrected chi connectivity index (χ4v) is 5.36. The normalized spacial score (nSPS) is 19.5. The Kier molecular flexibility index (Phi) is 4.31. The van der Waals surface area contributed by atoms with Gasteiger partial charge in [-0.2, -0.15) is 4.31 Å². The van der Waals surface area contributed by atoms with E-state index in [1.54, 1.807) is 32.0 Å². The SMILES string of the molecule is CC1(C)CC(=O)CN1S(=O)(=O)Cc1ccc(Cl)cc1Br. The average molecular weight is 381 g/mol. The maximum Gasteiger partial charge on any atom is 0.219 e. The predicted octanol–water partition coefficient (Wildman–Crippen LogP) is 2.99. The molecule has 0 bridgehead atoms. The molecule has 4 nitrogen and oxygen atoms in total. The number of rotatable bonds is 3. The van der Waals surface area contributed by atoms with Crippen LogP contribution in [0.4, 0.5) is 0 Å². The summed E-state index contributed by atoms with van der Waals surface area (Å²) in [6.07, 6.45) is 0.258. The lowest BCUT2D eigenvalue weighted by atomic mass is 10.0. The molecule has 20 heavy (non-hydrogen) atoms. The molecule has 0 N–H and O–H groups in total. The third kappa shape index (κ3) is 3.24. The number of carbonyl (C=O) groups excluding carboxylic acids is 1. The van der Waals surface area contributed by atoms with Gasteiger partial charge in [-0.3, -0.25) is 4.79 Å². The molecule has 1 heterocycles.